The van der Waals surface area contributed by atoms with Crippen molar-refractivity contribution in [2.75, 3.05) is 19.6 Å². The van der Waals surface area contributed by atoms with Crippen LogP contribution in [-0.4, -0.2) is 35.0 Å². The fourth-order valence-corrected chi connectivity index (χ4v) is 3.97. The zero-order chi connectivity index (χ0) is 20.4. The smallest absolute Gasteiger partial charge is 0.408 e. The molecule has 4 rings (SSSR count). The lowest BCUT2D eigenvalue weighted by Crippen LogP contribution is -2.39. The quantitative estimate of drug-likeness (QED) is 0.694. The van der Waals surface area contributed by atoms with Crippen molar-refractivity contribution in [2.24, 2.45) is 0 Å². The van der Waals surface area contributed by atoms with Gasteiger partial charge >= 0.3 is 5.76 Å². The fourth-order valence-electron chi connectivity index (χ4n) is 3.97. The molecule has 1 aliphatic heterocycles. The van der Waals surface area contributed by atoms with Crippen LogP contribution in [0.3, 0.4) is 0 Å². The maximum atomic E-state index is 14.4. The van der Waals surface area contributed by atoms with Crippen molar-refractivity contribution in [3.05, 3.63) is 70.0 Å². The number of hydrogen-bond acceptors (Lipinski definition) is 4. The monoisotopic (exact) mass is 397 g/mol. The molecule has 6 nitrogen and oxygen atoms in total. The number of fused-ring (bicyclic) bond motifs is 1. The van der Waals surface area contributed by atoms with E-state index in [1.54, 1.807) is 18.2 Å². The summed E-state index contributed by atoms with van der Waals surface area (Å²) in [4.78, 5) is 27.0. The van der Waals surface area contributed by atoms with E-state index in [2.05, 4.69) is 10.2 Å². The Hall–Kier alpha value is -2.93. The Morgan fingerprint density at radius 1 is 1.21 bits per heavy atom. The summed E-state index contributed by atoms with van der Waals surface area (Å²) >= 11 is 0. The number of benzene rings is 2. The average Bonchev–Trinajstić information content (AvgIpc) is 3.32. The van der Waals surface area contributed by atoms with Gasteiger partial charge in [0.1, 0.15) is 12.4 Å². The second kappa shape index (κ2) is 8.21. The van der Waals surface area contributed by atoms with Crippen molar-refractivity contribution >= 4 is 17.0 Å². The molecule has 1 fully saturated rings. The Morgan fingerprint density at radius 2 is 1.97 bits per heavy atom. The van der Waals surface area contributed by atoms with Gasteiger partial charge in [0, 0.05) is 12.1 Å². The zero-order valence-electron chi connectivity index (χ0n) is 16.4. The Balaban J connectivity index is 1.50. The van der Waals surface area contributed by atoms with Gasteiger partial charge in [-0.2, -0.15) is 0 Å². The van der Waals surface area contributed by atoms with E-state index in [0.29, 0.717) is 16.7 Å². The summed E-state index contributed by atoms with van der Waals surface area (Å²) in [5, 5.41) is 2.88. The van der Waals surface area contributed by atoms with Gasteiger partial charge in [-0.15, -0.1) is 0 Å². The predicted octanol–water partition coefficient (Wildman–Crippen LogP) is 3.00. The number of oxazole rings is 1. The summed E-state index contributed by atoms with van der Waals surface area (Å²) in [7, 11) is 0. The second-order valence-electron chi connectivity index (χ2n) is 7.51. The summed E-state index contributed by atoms with van der Waals surface area (Å²) in [5.41, 5.74) is 2.60. The SMILES string of the molecule is Cc1ccc2oc(=O)n(CC(=O)NCC(c3ccccc3F)N3CCCC3)c2c1. The molecular formula is C22H24FN3O3. The lowest BCUT2D eigenvalue weighted by atomic mass is 10.0. The molecule has 2 aromatic carbocycles. The van der Waals surface area contributed by atoms with Gasteiger partial charge in [0.05, 0.1) is 11.6 Å². The number of nitrogens with zero attached hydrogens (tertiary/aromatic N) is 2. The van der Waals surface area contributed by atoms with Crippen molar-refractivity contribution in [3.8, 4) is 0 Å². The molecule has 1 unspecified atom stereocenters. The molecule has 0 saturated carbocycles. The number of halogens is 1. The maximum Gasteiger partial charge on any atom is 0.420 e. The normalized spacial score (nSPS) is 15.7. The van der Waals surface area contributed by atoms with Crippen molar-refractivity contribution in [3.63, 3.8) is 0 Å². The van der Waals surface area contributed by atoms with Crippen molar-refractivity contribution in [1.82, 2.24) is 14.8 Å². The van der Waals surface area contributed by atoms with E-state index in [0.717, 1.165) is 31.5 Å². The average molecular weight is 397 g/mol. The lowest BCUT2D eigenvalue weighted by molar-refractivity contribution is -0.121. The number of hydrogen-bond donors (Lipinski definition) is 1. The number of nitrogens with one attached hydrogen (secondary N) is 1. The zero-order valence-corrected chi connectivity index (χ0v) is 16.4. The highest BCUT2D eigenvalue weighted by atomic mass is 19.1. The predicted molar refractivity (Wildman–Crippen MR) is 108 cm³/mol. The first kappa shape index (κ1) is 19.4. The van der Waals surface area contributed by atoms with Crippen molar-refractivity contribution < 1.29 is 13.6 Å². The molecular weight excluding hydrogens is 373 g/mol. The largest absolute Gasteiger partial charge is 0.420 e. The van der Waals surface area contributed by atoms with E-state index >= 15 is 0 Å². The van der Waals surface area contributed by atoms with Crippen molar-refractivity contribution in [2.45, 2.75) is 32.4 Å². The number of carbonyl (C=O) groups excluding carboxylic acids is 1. The van der Waals surface area contributed by atoms with Gasteiger partial charge in [0.15, 0.2) is 5.58 Å². The fraction of sp³-hybridized carbons (Fsp3) is 0.364. The maximum absolute atomic E-state index is 14.4. The summed E-state index contributed by atoms with van der Waals surface area (Å²) in [5.74, 6) is -1.14. The first-order valence-corrected chi connectivity index (χ1v) is 9.88. The second-order valence-corrected chi connectivity index (χ2v) is 7.51. The van der Waals surface area contributed by atoms with Crippen LogP contribution in [0, 0.1) is 12.7 Å². The highest BCUT2D eigenvalue weighted by Gasteiger charge is 2.26. The van der Waals surface area contributed by atoms with E-state index in [1.165, 1.54) is 10.6 Å². The minimum Gasteiger partial charge on any atom is -0.408 e. The number of carbonyl (C=O) groups is 1. The van der Waals surface area contributed by atoms with Gasteiger partial charge in [-0.1, -0.05) is 24.3 Å². The minimum absolute atomic E-state index is 0.140. The standard InChI is InChI=1S/C22H24FN3O3/c1-15-8-9-20-18(12-15)26(22(28)29-20)14-21(27)24-13-19(25-10-4-5-11-25)16-6-2-3-7-17(16)23/h2-3,6-9,12,19H,4-5,10-11,13-14H2,1H3,(H,24,27). The number of aromatic nitrogens is 1. The number of amides is 1. The Bertz CT molecular complexity index is 1080. The molecule has 1 N–H and O–H groups in total. The first-order chi connectivity index (χ1) is 14.0. The van der Waals surface area contributed by atoms with Gasteiger partial charge in [0.2, 0.25) is 5.91 Å². The third-order valence-electron chi connectivity index (χ3n) is 5.46. The molecule has 2 heterocycles. The van der Waals surface area contributed by atoms with Gasteiger partial charge in [-0.05, 0) is 56.6 Å². The van der Waals surface area contributed by atoms with E-state index in [1.807, 2.05) is 25.1 Å². The van der Waals surface area contributed by atoms with E-state index in [4.69, 9.17) is 4.42 Å². The molecule has 1 aliphatic rings. The number of aryl methyl sites for hydroxylation is 1. The lowest BCUT2D eigenvalue weighted by Gasteiger charge is -2.28. The molecule has 0 aliphatic carbocycles. The molecule has 152 valence electrons. The number of rotatable bonds is 6. The third kappa shape index (κ3) is 4.10. The molecule has 0 spiro atoms. The minimum atomic E-state index is -0.564. The van der Waals surface area contributed by atoms with E-state index in [9.17, 15) is 14.0 Å². The highest BCUT2D eigenvalue weighted by molar-refractivity contribution is 5.79. The summed E-state index contributed by atoms with van der Waals surface area (Å²) in [6, 6.07) is 11.8. The van der Waals surface area contributed by atoms with Crippen LogP contribution in [0.5, 0.6) is 0 Å². The van der Waals surface area contributed by atoms with Crippen LogP contribution in [0.15, 0.2) is 51.7 Å². The molecule has 0 radical (unpaired) electrons. The van der Waals surface area contributed by atoms with Gasteiger partial charge in [-0.3, -0.25) is 14.3 Å². The molecule has 1 atom stereocenters. The molecule has 1 aromatic heterocycles. The van der Waals surface area contributed by atoms with Crippen LogP contribution in [0.1, 0.15) is 30.0 Å². The van der Waals surface area contributed by atoms with Gasteiger partial charge < -0.3 is 9.73 Å². The Labute approximate surface area is 167 Å². The molecule has 7 heteroatoms. The molecule has 1 amide bonds. The topological polar surface area (TPSA) is 67.5 Å². The van der Waals surface area contributed by atoms with Crippen molar-refractivity contribution in [1.29, 1.82) is 0 Å². The Morgan fingerprint density at radius 3 is 2.72 bits per heavy atom. The van der Waals surface area contributed by atoms with E-state index < -0.39 is 5.76 Å². The summed E-state index contributed by atoms with van der Waals surface area (Å²) in [6.07, 6.45) is 2.13. The Kier molecular flexibility index (Phi) is 5.49. The highest BCUT2D eigenvalue weighted by Crippen LogP contribution is 2.26. The van der Waals surface area contributed by atoms with E-state index in [-0.39, 0.29) is 30.9 Å². The summed E-state index contributed by atoms with van der Waals surface area (Å²) < 4.78 is 20.9. The number of likely N-dealkylation sites (tertiary alicyclic amines) is 1. The van der Waals surface area contributed by atoms with Crippen LogP contribution >= 0.6 is 0 Å². The van der Waals surface area contributed by atoms with Crippen LogP contribution < -0.4 is 11.1 Å². The van der Waals surface area contributed by atoms with Crippen LogP contribution in [-0.2, 0) is 11.3 Å². The van der Waals surface area contributed by atoms with Gasteiger partial charge in [0.25, 0.3) is 0 Å². The van der Waals surface area contributed by atoms with Gasteiger partial charge in [-0.25, -0.2) is 9.18 Å². The third-order valence-corrected chi connectivity index (χ3v) is 5.46. The molecule has 29 heavy (non-hydrogen) atoms. The van der Waals surface area contributed by atoms with Crippen LogP contribution in [0.25, 0.3) is 11.1 Å². The molecule has 0 bridgehead atoms. The van der Waals surface area contributed by atoms with Crippen LogP contribution in [0.2, 0.25) is 0 Å². The summed E-state index contributed by atoms with van der Waals surface area (Å²) in [6.45, 7) is 3.80. The molecule has 3 aromatic rings. The molecule has 1 saturated heterocycles. The van der Waals surface area contributed by atoms with Crippen LogP contribution in [0.4, 0.5) is 4.39 Å². The first-order valence-electron chi connectivity index (χ1n) is 9.88.